The Morgan fingerprint density at radius 3 is 2.44 bits per heavy atom. The minimum atomic E-state index is -4.82. The van der Waals surface area contributed by atoms with Crippen LogP contribution in [0.3, 0.4) is 0 Å². The van der Waals surface area contributed by atoms with Crippen molar-refractivity contribution in [2.24, 2.45) is 0 Å². The highest BCUT2D eigenvalue weighted by molar-refractivity contribution is 14.1. The first-order valence-electron chi connectivity index (χ1n) is 4.10. The number of rotatable bonds is 2. The van der Waals surface area contributed by atoms with E-state index in [1.165, 1.54) is 13.2 Å². The van der Waals surface area contributed by atoms with Gasteiger partial charge in [-0.15, -0.1) is 3.89 Å². The fraction of sp³-hybridized carbons (Fsp3) is 0.222. The van der Waals surface area contributed by atoms with Crippen LogP contribution < -0.4 is 0 Å². The van der Waals surface area contributed by atoms with E-state index in [-0.39, 0.29) is 5.56 Å². The Bertz CT molecular complexity index is 539. The molecule has 0 aliphatic rings. The zero-order chi connectivity index (χ0) is 12.5. The molecule has 4 nitrogen and oxygen atoms in total. The zero-order valence-electron chi connectivity index (χ0n) is 8.45. The molecule has 0 spiro atoms. The van der Waals surface area contributed by atoms with E-state index in [2.05, 4.69) is 4.74 Å². The van der Waals surface area contributed by atoms with Crippen LogP contribution in [0.25, 0.3) is 0 Å². The van der Waals surface area contributed by atoms with E-state index < -0.39 is 21.1 Å². The summed E-state index contributed by atoms with van der Waals surface area (Å²) < 4.78 is 39.3. The van der Waals surface area contributed by atoms with E-state index in [1.54, 1.807) is 6.92 Å². The molecule has 0 saturated carbocycles. The van der Waals surface area contributed by atoms with Crippen molar-refractivity contribution in [3.63, 3.8) is 0 Å². The Labute approximate surface area is 106 Å². The summed E-state index contributed by atoms with van der Waals surface area (Å²) in [5, 5.41) is 0. The fourth-order valence-corrected chi connectivity index (χ4v) is 2.24. The number of ether oxygens (including phenoxy) is 1. The highest BCUT2D eigenvalue weighted by atomic mass is 127. The van der Waals surface area contributed by atoms with Crippen molar-refractivity contribution >= 4 is 38.8 Å². The zero-order valence-corrected chi connectivity index (χ0v) is 11.4. The van der Waals surface area contributed by atoms with Gasteiger partial charge in [0.2, 0.25) is 0 Å². The van der Waals surface area contributed by atoms with Crippen LogP contribution in [0.4, 0.5) is 3.89 Å². The van der Waals surface area contributed by atoms with Crippen LogP contribution in [-0.4, -0.2) is 21.5 Å². The third kappa shape index (κ3) is 2.70. The maximum Gasteiger partial charge on any atom is 0.338 e. The largest absolute Gasteiger partial charge is 0.465 e. The molecule has 7 heteroatoms. The van der Waals surface area contributed by atoms with Crippen molar-refractivity contribution in [2.75, 3.05) is 7.11 Å². The standard InChI is InChI=1S/C9H8FIO4S/c1-5-3-6(16(10,13)14)4-7(8(5)11)9(12)15-2/h3-4H,1-2H3. The fourth-order valence-electron chi connectivity index (χ4n) is 1.14. The van der Waals surface area contributed by atoms with Gasteiger partial charge in [-0.25, -0.2) is 4.79 Å². The van der Waals surface area contributed by atoms with Crippen LogP contribution in [0.15, 0.2) is 17.0 Å². The summed E-state index contributed by atoms with van der Waals surface area (Å²) in [4.78, 5) is 10.8. The molecule has 1 aromatic carbocycles. The van der Waals surface area contributed by atoms with Crippen molar-refractivity contribution < 1.29 is 21.8 Å². The predicted molar refractivity (Wildman–Crippen MR) is 63.5 cm³/mol. The topological polar surface area (TPSA) is 60.4 Å². The smallest absolute Gasteiger partial charge is 0.338 e. The van der Waals surface area contributed by atoms with Crippen LogP contribution in [0, 0.1) is 10.5 Å². The molecule has 0 fully saturated rings. The van der Waals surface area contributed by atoms with E-state index in [1.807, 2.05) is 22.6 Å². The highest BCUT2D eigenvalue weighted by Gasteiger charge is 2.19. The molecular weight excluding hydrogens is 350 g/mol. The first-order chi connectivity index (χ1) is 7.27. The van der Waals surface area contributed by atoms with Gasteiger partial charge in [0, 0.05) is 3.57 Å². The van der Waals surface area contributed by atoms with Crippen molar-refractivity contribution in [1.82, 2.24) is 0 Å². The lowest BCUT2D eigenvalue weighted by Crippen LogP contribution is -2.07. The van der Waals surface area contributed by atoms with Crippen LogP contribution in [0.1, 0.15) is 15.9 Å². The molecule has 88 valence electrons. The summed E-state index contributed by atoms with van der Waals surface area (Å²) >= 11 is 1.87. The Kier molecular flexibility index (Phi) is 3.89. The molecule has 0 saturated heterocycles. The van der Waals surface area contributed by atoms with Crippen molar-refractivity contribution in [2.45, 2.75) is 11.8 Å². The van der Waals surface area contributed by atoms with Gasteiger partial charge in [-0.2, -0.15) is 8.42 Å². The number of methoxy groups -OCH3 is 1. The summed E-state index contributed by atoms with van der Waals surface area (Å²) in [6.07, 6.45) is 0. The maximum absolute atomic E-state index is 12.8. The SMILES string of the molecule is COC(=O)c1cc(S(=O)(=O)F)cc(C)c1I. The second kappa shape index (κ2) is 4.66. The second-order valence-electron chi connectivity index (χ2n) is 3.03. The molecule has 1 aromatic rings. The Morgan fingerprint density at radius 2 is 2.00 bits per heavy atom. The average molecular weight is 358 g/mol. The van der Waals surface area contributed by atoms with E-state index in [9.17, 15) is 17.1 Å². The molecule has 0 unspecified atom stereocenters. The molecule has 0 atom stereocenters. The summed E-state index contributed by atoms with van der Waals surface area (Å²) in [5.41, 5.74) is 0.541. The van der Waals surface area contributed by atoms with Crippen molar-refractivity contribution in [1.29, 1.82) is 0 Å². The van der Waals surface area contributed by atoms with Gasteiger partial charge >= 0.3 is 16.2 Å². The predicted octanol–water partition coefficient (Wildman–Crippen LogP) is 2.04. The van der Waals surface area contributed by atoms with Gasteiger partial charge < -0.3 is 4.74 Å². The van der Waals surface area contributed by atoms with Gasteiger partial charge in [-0.05, 0) is 47.2 Å². The molecular formula is C9H8FIO4S. The van der Waals surface area contributed by atoms with E-state index in [0.717, 1.165) is 6.07 Å². The van der Waals surface area contributed by atoms with E-state index in [4.69, 9.17) is 0 Å². The molecule has 0 aromatic heterocycles. The summed E-state index contributed by atoms with van der Waals surface area (Å²) in [7, 11) is -3.65. The first kappa shape index (κ1) is 13.4. The number of carbonyl (C=O) groups is 1. The molecule has 0 bridgehead atoms. The number of esters is 1. The monoisotopic (exact) mass is 358 g/mol. The van der Waals surface area contributed by atoms with Gasteiger partial charge in [-0.1, -0.05) is 0 Å². The Morgan fingerprint density at radius 1 is 1.44 bits per heavy atom. The molecule has 16 heavy (non-hydrogen) atoms. The first-order valence-corrected chi connectivity index (χ1v) is 6.56. The van der Waals surface area contributed by atoms with Crippen molar-refractivity contribution in [3.05, 3.63) is 26.8 Å². The lowest BCUT2D eigenvalue weighted by molar-refractivity contribution is 0.0599. The molecule has 0 aliphatic heterocycles. The number of benzene rings is 1. The molecule has 0 radical (unpaired) electrons. The van der Waals surface area contributed by atoms with Gasteiger partial charge in [0.05, 0.1) is 17.6 Å². The number of hydrogen-bond donors (Lipinski definition) is 0. The van der Waals surface area contributed by atoms with Gasteiger partial charge in [0.15, 0.2) is 0 Å². The third-order valence-electron chi connectivity index (χ3n) is 1.91. The average Bonchev–Trinajstić information content (AvgIpc) is 2.19. The molecule has 0 amide bonds. The van der Waals surface area contributed by atoms with E-state index in [0.29, 0.717) is 9.13 Å². The highest BCUT2D eigenvalue weighted by Crippen LogP contribution is 2.23. The Hall–Kier alpha value is -0.700. The van der Waals surface area contributed by atoms with Crippen LogP contribution in [-0.2, 0) is 15.0 Å². The number of aryl methyl sites for hydroxylation is 1. The summed E-state index contributed by atoms with van der Waals surface area (Å²) in [5.74, 6) is -0.696. The molecule has 0 N–H and O–H groups in total. The third-order valence-corrected chi connectivity index (χ3v) is 4.15. The minimum absolute atomic E-state index is 0.0410. The summed E-state index contributed by atoms with van der Waals surface area (Å²) in [6, 6.07) is 2.14. The lowest BCUT2D eigenvalue weighted by atomic mass is 10.1. The summed E-state index contributed by atoms with van der Waals surface area (Å²) in [6.45, 7) is 1.59. The lowest BCUT2D eigenvalue weighted by Gasteiger charge is -2.07. The molecule has 1 rings (SSSR count). The minimum Gasteiger partial charge on any atom is -0.465 e. The van der Waals surface area contributed by atoms with Crippen LogP contribution in [0.5, 0.6) is 0 Å². The van der Waals surface area contributed by atoms with Crippen LogP contribution >= 0.6 is 22.6 Å². The number of carbonyl (C=O) groups excluding carboxylic acids is 1. The molecule has 0 heterocycles. The van der Waals surface area contributed by atoms with Gasteiger partial charge in [0.1, 0.15) is 0 Å². The quantitative estimate of drug-likeness (QED) is 0.461. The van der Waals surface area contributed by atoms with Gasteiger partial charge in [0.25, 0.3) is 0 Å². The van der Waals surface area contributed by atoms with E-state index >= 15 is 0 Å². The Balaban J connectivity index is 3.51. The number of halogens is 2. The van der Waals surface area contributed by atoms with Crippen molar-refractivity contribution in [3.8, 4) is 0 Å². The second-order valence-corrected chi connectivity index (χ2v) is 5.46. The van der Waals surface area contributed by atoms with Gasteiger partial charge in [-0.3, -0.25) is 0 Å². The number of hydrogen-bond acceptors (Lipinski definition) is 4. The normalized spacial score (nSPS) is 11.2. The van der Waals surface area contributed by atoms with Crippen LogP contribution in [0.2, 0.25) is 0 Å². The molecule has 0 aliphatic carbocycles. The maximum atomic E-state index is 12.8.